The van der Waals surface area contributed by atoms with Crippen LogP contribution in [0.15, 0.2) is 24.3 Å². The number of benzene rings is 1. The summed E-state index contributed by atoms with van der Waals surface area (Å²) in [5, 5.41) is 16.5. The molecule has 25 heavy (non-hydrogen) atoms. The Kier molecular flexibility index (Phi) is 6.76. The third-order valence-electron chi connectivity index (χ3n) is 4.55. The number of aliphatic hydroxyl groups excluding tert-OH is 1. The molecule has 0 spiro atoms. The van der Waals surface area contributed by atoms with Crippen molar-refractivity contribution in [3.63, 3.8) is 0 Å². The minimum Gasteiger partial charge on any atom is -0.396 e. The number of aromatic nitrogens is 2. The van der Waals surface area contributed by atoms with Crippen LogP contribution >= 0.6 is 0 Å². The van der Waals surface area contributed by atoms with Gasteiger partial charge in [-0.05, 0) is 44.2 Å². The van der Waals surface area contributed by atoms with Gasteiger partial charge >= 0.3 is 0 Å². The molecule has 1 aromatic heterocycles. The summed E-state index contributed by atoms with van der Waals surface area (Å²) in [5.74, 6) is 0.107. The summed E-state index contributed by atoms with van der Waals surface area (Å²) >= 11 is 0. The lowest BCUT2D eigenvalue weighted by Crippen LogP contribution is -2.29. The summed E-state index contributed by atoms with van der Waals surface area (Å²) < 4.78 is 2.01. The van der Waals surface area contributed by atoms with E-state index >= 15 is 0 Å². The summed E-state index contributed by atoms with van der Waals surface area (Å²) in [5.41, 5.74) is 5.73. The van der Waals surface area contributed by atoms with Crippen LogP contribution in [0.3, 0.4) is 0 Å². The molecule has 1 heterocycles. The van der Waals surface area contributed by atoms with Crippen LogP contribution in [0.5, 0.6) is 0 Å². The SMILES string of the molecule is Cc1ccc(Cn2nc(C)c(CCC(=O)NCC(C)CO)c2C)cc1. The Morgan fingerprint density at radius 3 is 2.56 bits per heavy atom. The number of hydrogen-bond donors (Lipinski definition) is 2. The van der Waals surface area contributed by atoms with Gasteiger partial charge in [-0.2, -0.15) is 5.10 Å². The van der Waals surface area contributed by atoms with Gasteiger partial charge in [0, 0.05) is 25.3 Å². The molecule has 136 valence electrons. The normalized spacial score (nSPS) is 12.2. The molecule has 0 aliphatic rings. The number of nitrogens with one attached hydrogen (secondary N) is 1. The fourth-order valence-corrected chi connectivity index (χ4v) is 2.80. The van der Waals surface area contributed by atoms with Gasteiger partial charge in [-0.3, -0.25) is 9.48 Å². The van der Waals surface area contributed by atoms with E-state index in [1.165, 1.54) is 11.1 Å². The zero-order valence-corrected chi connectivity index (χ0v) is 15.7. The van der Waals surface area contributed by atoms with E-state index in [0.29, 0.717) is 19.4 Å². The van der Waals surface area contributed by atoms with Crippen molar-refractivity contribution in [3.8, 4) is 0 Å². The Hall–Kier alpha value is -2.14. The van der Waals surface area contributed by atoms with Crippen molar-refractivity contribution in [1.82, 2.24) is 15.1 Å². The molecule has 0 radical (unpaired) electrons. The van der Waals surface area contributed by atoms with Crippen molar-refractivity contribution in [2.24, 2.45) is 5.92 Å². The number of amides is 1. The molecule has 0 saturated heterocycles. The third-order valence-corrected chi connectivity index (χ3v) is 4.55. The highest BCUT2D eigenvalue weighted by molar-refractivity contribution is 5.76. The van der Waals surface area contributed by atoms with E-state index in [1.54, 1.807) is 0 Å². The van der Waals surface area contributed by atoms with Gasteiger partial charge in [-0.15, -0.1) is 0 Å². The summed E-state index contributed by atoms with van der Waals surface area (Å²) in [6.07, 6.45) is 1.13. The monoisotopic (exact) mass is 343 g/mol. The zero-order valence-electron chi connectivity index (χ0n) is 15.7. The Labute approximate surface area is 150 Å². The molecular formula is C20H29N3O2. The third kappa shape index (κ3) is 5.43. The second-order valence-electron chi connectivity index (χ2n) is 6.88. The summed E-state index contributed by atoms with van der Waals surface area (Å²) in [4.78, 5) is 12.0. The van der Waals surface area contributed by atoms with Crippen molar-refractivity contribution < 1.29 is 9.90 Å². The first kappa shape index (κ1) is 19.2. The second kappa shape index (κ2) is 8.81. The number of carbonyl (C=O) groups excluding carboxylic acids is 1. The van der Waals surface area contributed by atoms with Crippen molar-refractivity contribution in [2.75, 3.05) is 13.2 Å². The van der Waals surface area contributed by atoms with Crippen LogP contribution < -0.4 is 5.32 Å². The van der Waals surface area contributed by atoms with Crippen LogP contribution in [0.2, 0.25) is 0 Å². The first-order valence-corrected chi connectivity index (χ1v) is 8.86. The lowest BCUT2D eigenvalue weighted by atomic mass is 10.1. The first-order valence-electron chi connectivity index (χ1n) is 8.86. The fraction of sp³-hybridized carbons (Fsp3) is 0.500. The molecule has 1 atom stereocenters. The van der Waals surface area contributed by atoms with E-state index < -0.39 is 0 Å². The number of hydrogen-bond acceptors (Lipinski definition) is 3. The molecule has 5 heteroatoms. The zero-order chi connectivity index (χ0) is 18.4. The second-order valence-corrected chi connectivity index (χ2v) is 6.88. The minimum atomic E-state index is 0.0189. The molecule has 2 rings (SSSR count). The largest absolute Gasteiger partial charge is 0.396 e. The molecular weight excluding hydrogens is 314 g/mol. The van der Waals surface area contributed by atoms with Gasteiger partial charge in [-0.25, -0.2) is 0 Å². The van der Waals surface area contributed by atoms with E-state index in [0.717, 1.165) is 23.5 Å². The van der Waals surface area contributed by atoms with Crippen LogP contribution in [0.25, 0.3) is 0 Å². The number of aliphatic hydroxyl groups is 1. The highest BCUT2D eigenvalue weighted by Gasteiger charge is 2.13. The highest BCUT2D eigenvalue weighted by atomic mass is 16.3. The predicted molar refractivity (Wildman–Crippen MR) is 99.6 cm³/mol. The van der Waals surface area contributed by atoms with E-state index in [1.807, 2.05) is 18.5 Å². The molecule has 0 saturated carbocycles. The Morgan fingerprint density at radius 1 is 1.24 bits per heavy atom. The van der Waals surface area contributed by atoms with Crippen LogP contribution in [0.4, 0.5) is 0 Å². The van der Waals surface area contributed by atoms with E-state index in [2.05, 4.69) is 48.5 Å². The van der Waals surface area contributed by atoms with Crippen LogP contribution in [0, 0.1) is 26.7 Å². The molecule has 0 fully saturated rings. The van der Waals surface area contributed by atoms with Crippen LogP contribution in [-0.2, 0) is 17.8 Å². The van der Waals surface area contributed by atoms with Gasteiger partial charge in [0.05, 0.1) is 12.2 Å². The Morgan fingerprint density at radius 2 is 1.92 bits per heavy atom. The lowest BCUT2D eigenvalue weighted by Gasteiger charge is -2.10. The quantitative estimate of drug-likeness (QED) is 0.774. The van der Waals surface area contributed by atoms with Gasteiger partial charge in [-0.1, -0.05) is 36.8 Å². The molecule has 0 aliphatic heterocycles. The maximum Gasteiger partial charge on any atom is 0.220 e. The maximum absolute atomic E-state index is 12.0. The molecule has 2 N–H and O–H groups in total. The van der Waals surface area contributed by atoms with Crippen LogP contribution in [0.1, 0.15) is 41.4 Å². The van der Waals surface area contributed by atoms with E-state index in [9.17, 15) is 4.79 Å². The standard InChI is InChI=1S/C20H29N3O2/c1-14-5-7-18(8-6-14)12-23-17(4)19(16(3)22-23)9-10-20(25)21-11-15(2)13-24/h5-8,15,24H,9-13H2,1-4H3,(H,21,25). The Bertz CT molecular complexity index is 704. The number of aryl methyl sites for hydroxylation is 2. The molecule has 0 bridgehead atoms. The van der Waals surface area contributed by atoms with Gasteiger partial charge in [0.2, 0.25) is 5.91 Å². The van der Waals surface area contributed by atoms with Gasteiger partial charge in [0.1, 0.15) is 0 Å². The van der Waals surface area contributed by atoms with Gasteiger partial charge < -0.3 is 10.4 Å². The number of carbonyl (C=O) groups is 1. The summed E-state index contributed by atoms with van der Waals surface area (Å²) in [7, 11) is 0. The average molecular weight is 343 g/mol. The van der Waals surface area contributed by atoms with Crippen molar-refractivity contribution in [2.45, 2.75) is 47.1 Å². The van der Waals surface area contributed by atoms with Crippen molar-refractivity contribution >= 4 is 5.91 Å². The molecule has 1 amide bonds. The van der Waals surface area contributed by atoms with Crippen molar-refractivity contribution in [3.05, 3.63) is 52.3 Å². The maximum atomic E-state index is 12.0. The summed E-state index contributed by atoms with van der Waals surface area (Å²) in [6, 6.07) is 8.47. The lowest BCUT2D eigenvalue weighted by molar-refractivity contribution is -0.121. The van der Waals surface area contributed by atoms with Crippen molar-refractivity contribution in [1.29, 1.82) is 0 Å². The van der Waals surface area contributed by atoms with E-state index in [-0.39, 0.29) is 18.4 Å². The summed E-state index contributed by atoms with van der Waals surface area (Å²) in [6.45, 7) is 9.40. The molecule has 5 nitrogen and oxygen atoms in total. The first-order chi connectivity index (χ1) is 11.9. The van der Waals surface area contributed by atoms with Gasteiger partial charge in [0.15, 0.2) is 0 Å². The fourth-order valence-electron chi connectivity index (χ4n) is 2.80. The smallest absolute Gasteiger partial charge is 0.220 e. The predicted octanol–water partition coefficient (Wildman–Crippen LogP) is 2.53. The molecule has 0 aliphatic carbocycles. The molecule has 2 aromatic rings. The minimum absolute atomic E-state index is 0.0189. The van der Waals surface area contributed by atoms with Gasteiger partial charge in [0.25, 0.3) is 0 Å². The molecule has 1 aromatic carbocycles. The van der Waals surface area contributed by atoms with E-state index in [4.69, 9.17) is 5.11 Å². The molecule has 1 unspecified atom stereocenters. The Balaban J connectivity index is 1.96. The number of nitrogens with zero attached hydrogens (tertiary/aromatic N) is 2. The number of rotatable bonds is 8. The highest BCUT2D eigenvalue weighted by Crippen LogP contribution is 2.17. The average Bonchev–Trinajstić information content (AvgIpc) is 2.86. The van der Waals surface area contributed by atoms with Crippen LogP contribution in [-0.4, -0.2) is 33.9 Å². The topological polar surface area (TPSA) is 67.2 Å².